The molecule has 0 saturated heterocycles. The fraction of sp³-hybridized carbons (Fsp3) is 0.211. The van der Waals surface area contributed by atoms with E-state index in [1.54, 1.807) is 0 Å². The van der Waals surface area contributed by atoms with Gasteiger partial charge in [-0.05, 0) is 11.1 Å². The van der Waals surface area contributed by atoms with Gasteiger partial charge in [0.05, 0.1) is 6.07 Å². The normalized spacial score (nSPS) is 11.0. The first-order valence-electron chi connectivity index (χ1n) is 7.96. The molecule has 6 nitrogen and oxygen atoms in total. The van der Waals surface area contributed by atoms with Gasteiger partial charge in [-0.1, -0.05) is 60.7 Å². The van der Waals surface area contributed by atoms with Crippen molar-refractivity contribution in [3.63, 3.8) is 0 Å². The molecule has 25 heavy (non-hydrogen) atoms. The first-order valence-corrected chi connectivity index (χ1v) is 7.96. The number of nitrogens with zero attached hydrogens (tertiary/aromatic N) is 1. The van der Waals surface area contributed by atoms with Gasteiger partial charge in [-0.15, -0.1) is 0 Å². The van der Waals surface area contributed by atoms with Crippen molar-refractivity contribution in [2.24, 2.45) is 0 Å². The quantitative estimate of drug-likeness (QED) is 0.672. The third-order valence-corrected chi connectivity index (χ3v) is 3.54. The number of nitriles is 1. The third-order valence-electron chi connectivity index (χ3n) is 3.54. The number of amides is 3. The average molecular weight is 336 g/mol. The lowest BCUT2D eigenvalue weighted by Gasteiger charge is -2.18. The van der Waals surface area contributed by atoms with Crippen molar-refractivity contribution in [2.75, 3.05) is 6.54 Å². The summed E-state index contributed by atoms with van der Waals surface area (Å²) >= 11 is 0. The Morgan fingerprint density at radius 3 is 2.12 bits per heavy atom. The van der Waals surface area contributed by atoms with Crippen LogP contribution in [-0.4, -0.2) is 24.5 Å². The number of urea groups is 1. The molecule has 2 aromatic rings. The highest BCUT2D eigenvalue weighted by atomic mass is 16.2. The smallest absolute Gasteiger partial charge is 0.315 e. The number of hydrogen-bond donors (Lipinski definition) is 3. The Morgan fingerprint density at radius 1 is 0.920 bits per heavy atom. The molecule has 0 bridgehead atoms. The summed E-state index contributed by atoms with van der Waals surface area (Å²) in [6.45, 7) is 0.266. The van der Waals surface area contributed by atoms with Gasteiger partial charge in [-0.2, -0.15) is 5.26 Å². The Hall–Kier alpha value is -3.33. The van der Waals surface area contributed by atoms with Crippen LogP contribution in [0.4, 0.5) is 4.79 Å². The van der Waals surface area contributed by atoms with E-state index in [0.717, 1.165) is 11.1 Å². The van der Waals surface area contributed by atoms with Gasteiger partial charge in [0.15, 0.2) is 0 Å². The molecular weight excluding hydrogens is 316 g/mol. The van der Waals surface area contributed by atoms with Crippen LogP contribution in [0.5, 0.6) is 0 Å². The molecule has 0 radical (unpaired) electrons. The van der Waals surface area contributed by atoms with E-state index in [1.807, 2.05) is 66.7 Å². The van der Waals surface area contributed by atoms with Gasteiger partial charge < -0.3 is 16.0 Å². The van der Waals surface area contributed by atoms with Crippen LogP contribution in [0.15, 0.2) is 60.7 Å². The lowest BCUT2D eigenvalue weighted by atomic mass is 10.1. The van der Waals surface area contributed by atoms with E-state index in [-0.39, 0.29) is 12.5 Å². The van der Waals surface area contributed by atoms with Crippen molar-refractivity contribution in [1.29, 1.82) is 5.26 Å². The minimum atomic E-state index is -0.758. The molecule has 2 rings (SSSR count). The van der Waals surface area contributed by atoms with Gasteiger partial charge >= 0.3 is 6.03 Å². The van der Waals surface area contributed by atoms with Crippen molar-refractivity contribution >= 4 is 11.9 Å². The SMILES string of the molecule is N#CCNC(=O)C(Cc1ccccc1)NC(=O)NCc1ccccc1. The molecular formula is C19H20N4O2. The van der Waals surface area contributed by atoms with Crippen molar-refractivity contribution in [3.8, 4) is 6.07 Å². The molecule has 0 spiro atoms. The number of hydrogen-bond acceptors (Lipinski definition) is 3. The van der Waals surface area contributed by atoms with Crippen LogP contribution in [0.3, 0.4) is 0 Å². The summed E-state index contributed by atoms with van der Waals surface area (Å²) in [7, 11) is 0. The van der Waals surface area contributed by atoms with E-state index in [2.05, 4.69) is 16.0 Å². The summed E-state index contributed by atoms with van der Waals surface area (Å²) in [6.07, 6.45) is 0.344. The van der Waals surface area contributed by atoms with E-state index >= 15 is 0 Å². The van der Waals surface area contributed by atoms with Crippen molar-refractivity contribution in [1.82, 2.24) is 16.0 Å². The van der Waals surface area contributed by atoms with Crippen molar-refractivity contribution in [3.05, 3.63) is 71.8 Å². The molecule has 0 aromatic heterocycles. The van der Waals surface area contributed by atoms with E-state index in [9.17, 15) is 9.59 Å². The second kappa shape index (κ2) is 9.73. The maximum Gasteiger partial charge on any atom is 0.315 e. The van der Waals surface area contributed by atoms with Crippen molar-refractivity contribution < 1.29 is 9.59 Å². The van der Waals surface area contributed by atoms with E-state index in [0.29, 0.717) is 13.0 Å². The number of nitrogens with one attached hydrogen (secondary N) is 3. The second-order valence-electron chi connectivity index (χ2n) is 5.43. The Balaban J connectivity index is 1.95. The van der Waals surface area contributed by atoms with Crippen LogP contribution in [0.1, 0.15) is 11.1 Å². The Labute approximate surface area is 146 Å². The van der Waals surface area contributed by atoms with Gasteiger partial charge in [0, 0.05) is 13.0 Å². The van der Waals surface area contributed by atoms with Crippen LogP contribution in [0.2, 0.25) is 0 Å². The number of carbonyl (C=O) groups excluding carboxylic acids is 2. The summed E-state index contributed by atoms with van der Waals surface area (Å²) in [5, 5.41) is 16.5. The Morgan fingerprint density at radius 2 is 1.52 bits per heavy atom. The van der Waals surface area contributed by atoms with E-state index in [4.69, 9.17) is 5.26 Å². The fourth-order valence-corrected chi connectivity index (χ4v) is 2.30. The van der Waals surface area contributed by atoms with E-state index < -0.39 is 12.1 Å². The van der Waals surface area contributed by atoms with Gasteiger partial charge in [0.25, 0.3) is 0 Å². The predicted octanol–water partition coefficient (Wildman–Crippen LogP) is 1.74. The van der Waals surface area contributed by atoms with Gasteiger partial charge in [-0.3, -0.25) is 4.79 Å². The molecule has 2 aromatic carbocycles. The summed E-state index contributed by atoms with van der Waals surface area (Å²) < 4.78 is 0. The monoisotopic (exact) mass is 336 g/mol. The molecule has 1 atom stereocenters. The minimum absolute atomic E-state index is 0.0998. The van der Waals surface area contributed by atoms with E-state index in [1.165, 1.54) is 0 Å². The first-order chi connectivity index (χ1) is 12.2. The highest BCUT2D eigenvalue weighted by Crippen LogP contribution is 2.04. The predicted molar refractivity (Wildman–Crippen MR) is 94.4 cm³/mol. The highest BCUT2D eigenvalue weighted by molar-refractivity contribution is 5.87. The molecule has 1 unspecified atom stereocenters. The Bertz CT molecular complexity index is 726. The molecule has 128 valence electrons. The molecule has 3 N–H and O–H groups in total. The maximum atomic E-state index is 12.2. The number of benzene rings is 2. The molecule has 0 heterocycles. The molecule has 0 aliphatic rings. The van der Waals surface area contributed by atoms with Gasteiger partial charge in [0.2, 0.25) is 5.91 Å². The summed E-state index contributed by atoms with van der Waals surface area (Å²) in [5.74, 6) is -0.389. The average Bonchev–Trinajstić information content (AvgIpc) is 2.65. The molecule has 3 amide bonds. The molecule has 6 heteroatoms. The maximum absolute atomic E-state index is 12.2. The fourth-order valence-electron chi connectivity index (χ4n) is 2.30. The standard InChI is InChI=1S/C19H20N4O2/c20-11-12-21-18(24)17(13-15-7-3-1-4-8-15)23-19(25)22-14-16-9-5-2-6-10-16/h1-10,17H,12-14H2,(H,21,24)(H2,22,23,25). The molecule has 0 aliphatic carbocycles. The lowest BCUT2D eigenvalue weighted by molar-refractivity contribution is -0.122. The molecule has 0 aliphatic heterocycles. The molecule has 0 saturated carbocycles. The summed E-state index contributed by atoms with van der Waals surface area (Å²) in [4.78, 5) is 24.3. The number of carbonyl (C=O) groups is 2. The second-order valence-corrected chi connectivity index (χ2v) is 5.43. The van der Waals surface area contributed by atoms with Crippen LogP contribution < -0.4 is 16.0 Å². The van der Waals surface area contributed by atoms with Gasteiger partial charge in [-0.25, -0.2) is 4.79 Å². The summed E-state index contributed by atoms with van der Waals surface area (Å²) in [5.41, 5.74) is 1.88. The lowest BCUT2D eigenvalue weighted by Crippen LogP contribution is -2.51. The zero-order valence-electron chi connectivity index (χ0n) is 13.7. The number of rotatable bonds is 7. The largest absolute Gasteiger partial charge is 0.341 e. The first kappa shape index (κ1) is 18.0. The van der Waals surface area contributed by atoms with Crippen LogP contribution in [-0.2, 0) is 17.8 Å². The molecule has 0 fully saturated rings. The summed E-state index contributed by atoms with van der Waals surface area (Å²) in [6, 6.07) is 19.5. The highest BCUT2D eigenvalue weighted by Gasteiger charge is 2.20. The van der Waals surface area contributed by atoms with Crippen LogP contribution >= 0.6 is 0 Å². The zero-order chi connectivity index (χ0) is 17.9. The van der Waals surface area contributed by atoms with Gasteiger partial charge in [0.1, 0.15) is 12.6 Å². The zero-order valence-corrected chi connectivity index (χ0v) is 13.7. The van der Waals surface area contributed by atoms with Crippen LogP contribution in [0, 0.1) is 11.3 Å². The minimum Gasteiger partial charge on any atom is -0.341 e. The van der Waals surface area contributed by atoms with Crippen LogP contribution in [0.25, 0.3) is 0 Å². The Kier molecular flexibility index (Phi) is 7.01. The van der Waals surface area contributed by atoms with Crippen molar-refractivity contribution in [2.45, 2.75) is 19.0 Å². The third kappa shape index (κ3) is 6.36. The topological polar surface area (TPSA) is 94.0 Å².